The van der Waals surface area contributed by atoms with Gasteiger partial charge in [-0.3, -0.25) is 14.4 Å². The van der Waals surface area contributed by atoms with Crippen LogP contribution in [0.15, 0.2) is 54.7 Å². The third-order valence-electron chi connectivity index (χ3n) is 8.54. The van der Waals surface area contributed by atoms with Gasteiger partial charge in [-0.2, -0.15) is 13.2 Å². The number of pyridine rings is 1. The zero-order valence-electron chi connectivity index (χ0n) is 22.2. The largest absolute Gasteiger partial charge is 0.403 e. The molecule has 0 bridgehead atoms. The predicted molar refractivity (Wildman–Crippen MR) is 141 cm³/mol. The molecule has 2 aliphatic carbocycles. The highest BCUT2D eigenvalue weighted by Gasteiger charge is 2.64. The number of anilines is 2. The van der Waals surface area contributed by atoms with Crippen LogP contribution in [0.2, 0.25) is 0 Å². The summed E-state index contributed by atoms with van der Waals surface area (Å²) in [5.74, 6) is -3.66. The van der Waals surface area contributed by atoms with E-state index in [1.165, 1.54) is 0 Å². The molecule has 2 aromatic carbocycles. The lowest BCUT2D eigenvalue weighted by Gasteiger charge is -2.44. The molecule has 218 valence electrons. The molecule has 1 saturated carbocycles. The predicted octanol–water partition coefficient (Wildman–Crippen LogP) is 5.05. The molecule has 1 aliphatic heterocycles. The minimum Gasteiger partial charge on any atom is -0.328 e. The van der Waals surface area contributed by atoms with Crippen molar-refractivity contribution in [3.8, 4) is 0 Å². The fourth-order valence-corrected chi connectivity index (χ4v) is 6.29. The van der Waals surface area contributed by atoms with Crippen molar-refractivity contribution in [3.05, 3.63) is 88.6 Å². The van der Waals surface area contributed by atoms with Gasteiger partial charge in [-0.05, 0) is 72.7 Å². The molecule has 0 radical (unpaired) electrons. The van der Waals surface area contributed by atoms with Crippen molar-refractivity contribution in [2.75, 3.05) is 17.2 Å². The number of alkyl halides is 3. The second kappa shape index (κ2) is 9.88. The second-order valence-electron chi connectivity index (χ2n) is 11.2. The van der Waals surface area contributed by atoms with E-state index in [0.717, 1.165) is 28.8 Å². The summed E-state index contributed by atoms with van der Waals surface area (Å²) < 4.78 is 69.6. The third kappa shape index (κ3) is 4.58. The monoisotopic (exact) mass is 584 g/mol. The number of carbonyl (C=O) groups excluding carboxylic acids is 3. The number of carbonyl (C=O) groups is 3. The Morgan fingerprint density at radius 1 is 1.00 bits per heavy atom. The zero-order valence-corrected chi connectivity index (χ0v) is 22.2. The van der Waals surface area contributed by atoms with Crippen molar-refractivity contribution in [2.24, 2.45) is 5.41 Å². The van der Waals surface area contributed by atoms with Crippen LogP contribution in [0.5, 0.6) is 0 Å². The number of nitrogens with zero attached hydrogens (tertiary/aromatic N) is 2. The topological polar surface area (TPSA) is 91.4 Å². The van der Waals surface area contributed by atoms with Crippen LogP contribution in [-0.2, 0) is 39.2 Å². The molecule has 1 atom stereocenters. The smallest absolute Gasteiger partial charge is 0.328 e. The normalized spacial score (nSPS) is 20.0. The number of aromatic nitrogens is 1. The molecule has 1 fully saturated rings. The first-order valence-electron chi connectivity index (χ1n) is 13.4. The van der Waals surface area contributed by atoms with Crippen molar-refractivity contribution in [2.45, 2.75) is 50.2 Å². The van der Waals surface area contributed by atoms with Gasteiger partial charge in [0.25, 0.3) is 0 Å². The van der Waals surface area contributed by atoms with Crippen molar-refractivity contribution >= 4 is 29.2 Å². The Balaban J connectivity index is 1.22. The Kier molecular flexibility index (Phi) is 6.54. The summed E-state index contributed by atoms with van der Waals surface area (Å²) in [5.41, 5.74) is -0.720. The number of hydrogen-bond acceptors (Lipinski definition) is 4. The number of hydrogen-bond donors (Lipinski definition) is 2. The molecule has 0 saturated heterocycles. The van der Waals surface area contributed by atoms with Crippen LogP contribution in [0.25, 0.3) is 0 Å². The summed E-state index contributed by atoms with van der Waals surface area (Å²) in [6.45, 7) is -1.36. The van der Waals surface area contributed by atoms with Gasteiger partial charge in [0, 0.05) is 30.1 Å². The van der Waals surface area contributed by atoms with E-state index in [9.17, 15) is 36.3 Å². The zero-order chi connectivity index (χ0) is 29.9. The van der Waals surface area contributed by atoms with Gasteiger partial charge >= 0.3 is 6.18 Å². The summed E-state index contributed by atoms with van der Waals surface area (Å²) >= 11 is 0. The Hall–Kier alpha value is -4.35. The van der Waals surface area contributed by atoms with Gasteiger partial charge in [-0.25, -0.2) is 13.8 Å². The van der Waals surface area contributed by atoms with Gasteiger partial charge in [0.2, 0.25) is 17.7 Å². The van der Waals surface area contributed by atoms with E-state index in [4.69, 9.17) is 0 Å². The highest BCUT2D eigenvalue weighted by atomic mass is 19.4. The molecular formula is C30H25F5N4O3. The molecule has 2 N–H and O–H groups in total. The maximum Gasteiger partial charge on any atom is 0.403 e. The Bertz CT molecular complexity index is 1600. The molecule has 42 heavy (non-hydrogen) atoms. The lowest BCUT2D eigenvalue weighted by atomic mass is 9.67. The number of benzene rings is 2. The summed E-state index contributed by atoms with van der Waals surface area (Å²) in [7, 11) is 0. The van der Waals surface area contributed by atoms with Crippen molar-refractivity contribution in [3.63, 3.8) is 0 Å². The first-order valence-corrected chi connectivity index (χ1v) is 13.4. The Morgan fingerprint density at radius 2 is 1.71 bits per heavy atom. The van der Waals surface area contributed by atoms with E-state index in [1.807, 2.05) is 6.07 Å². The quantitative estimate of drug-likeness (QED) is 0.397. The van der Waals surface area contributed by atoms with Crippen LogP contribution < -0.4 is 10.6 Å². The van der Waals surface area contributed by atoms with Crippen molar-refractivity contribution < 1.29 is 36.3 Å². The molecule has 3 aromatic rings. The minimum atomic E-state index is -4.85. The minimum absolute atomic E-state index is 0.0854. The Morgan fingerprint density at radius 3 is 2.38 bits per heavy atom. The molecule has 6 rings (SSSR count). The average molecular weight is 585 g/mol. The van der Waals surface area contributed by atoms with Gasteiger partial charge in [-0.15, -0.1) is 0 Å². The summed E-state index contributed by atoms with van der Waals surface area (Å²) in [6, 6.07) is 11.1. The number of amides is 3. The number of nitrogens with one attached hydrogen (secondary N) is 2. The van der Waals surface area contributed by atoms with Crippen LogP contribution in [0.1, 0.15) is 41.5 Å². The molecule has 3 amide bonds. The van der Waals surface area contributed by atoms with E-state index < -0.39 is 66.4 Å². The maximum absolute atomic E-state index is 14.0. The first kappa shape index (κ1) is 27.8. The molecule has 1 unspecified atom stereocenters. The van der Waals surface area contributed by atoms with Gasteiger partial charge in [0.1, 0.15) is 29.4 Å². The molecule has 3 aliphatic rings. The van der Waals surface area contributed by atoms with E-state index in [2.05, 4.69) is 15.6 Å². The van der Waals surface area contributed by atoms with Gasteiger partial charge in [-0.1, -0.05) is 18.6 Å². The van der Waals surface area contributed by atoms with E-state index in [1.54, 1.807) is 30.5 Å². The lowest BCUT2D eigenvalue weighted by Crippen LogP contribution is -2.57. The summed E-state index contributed by atoms with van der Waals surface area (Å²) in [4.78, 5) is 44.3. The average Bonchev–Trinajstić information content (AvgIpc) is 3.38. The van der Waals surface area contributed by atoms with Crippen LogP contribution in [0, 0.1) is 17.0 Å². The van der Waals surface area contributed by atoms with Crippen LogP contribution in [0.4, 0.5) is 33.5 Å². The molecule has 1 aromatic heterocycles. The van der Waals surface area contributed by atoms with Crippen LogP contribution in [0.3, 0.4) is 0 Å². The first-order chi connectivity index (χ1) is 19.9. The maximum atomic E-state index is 14.0. The van der Waals surface area contributed by atoms with E-state index in [0.29, 0.717) is 35.3 Å². The fourth-order valence-electron chi connectivity index (χ4n) is 6.29. The lowest BCUT2D eigenvalue weighted by molar-refractivity contribution is -0.248. The number of rotatable bonds is 6. The molecular weight excluding hydrogens is 559 g/mol. The number of halogens is 5. The molecule has 7 nitrogen and oxygen atoms in total. The van der Waals surface area contributed by atoms with E-state index >= 15 is 0 Å². The standard InChI is InChI=1S/C30H25F5N4O3/c31-20-9-17(10-21(32)12-20)15-39(27(42)29(6-2-7-29)30(33,34)35)16-24(40)37-22-5-4-18-13-28(14-19(18)11-22)23-3-1-8-36-25(23)38-26(28)41/h1,3-5,8-12H,2,6-7,13-16H2,(H,37,40)(H,36,38,41). The third-order valence-corrected chi connectivity index (χ3v) is 8.54. The van der Waals surface area contributed by atoms with Crippen molar-refractivity contribution in [1.29, 1.82) is 0 Å². The van der Waals surface area contributed by atoms with Gasteiger partial charge < -0.3 is 15.5 Å². The van der Waals surface area contributed by atoms with E-state index in [-0.39, 0.29) is 17.9 Å². The van der Waals surface area contributed by atoms with Crippen LogP contribution in [-0.4, -0.2) is 40.3 Å². The van der Waals surface area contributed by atoms with Gasteiger partial charge in [0.05, 0.1) is 5.41 Å². The molecule has 2 heterocycles. The van der Waals surface area contributed by atoms with Gasteiger partial charge in [0.15, 0.2) is 0 Å². The number of fused-ring (bicyclic) bond motifs is 3. The Labute approximate surface area is 237 Å². The highest BCUT2D eigenvalue weighted by Crippen LogP contribution is 2.54. The molecule has 1 spiro atoms. The SMILES string of the molecule is O=C(CN(Cc1cc(F)cc(F)c1)C(=O)C1(C(F)(F)F)CCC1)Nc1ccc2c(c1)CC1(C2)C(=O)Nc2ncccc21. The highest BCUT2D eigenvalue weighted by molar-refractivity contribution is 6.06. The van der Waals surface area contributed by atoms with Crippen molar-refractivity contribution in [1.82, 2.24) is 9.88 Å². The summed E-state index contributed by atoms with van der Waals surface area (Å²) in [5, 5.41) is 5.44. The van der Waals surface area contributed by atoms with Crippen LogP contribution >= 0.6 is 0 Å². The second-order valence-corrected chi connectivity index (χ2v) is 11.2. The fraction of sp³-hybridized carbons (Fsp3) is 0.333. The molecule has 12 heteroatoms. The summed E-state index contributed by atoms with van der Waals surface area (Å²) in [6.07, 6.45) is -3.12.